The van der Waals surface area contributed by atoms with Crippen molar-refractivity contribution >= 4 is 16.6 Å². The summed E-state index contributed by atoms with van der Waals surface area (Å²) in [6.45, 7) is 12.6. The van der Waals surface area contributed by atoms with Crippen molar-refractivity contribution in [3.8, 4) is 0 Å². The van der Waals surface area contributed by atoms with Crippen LogP contribution in [0.4, 0.5) is 13.2 Å². The molecule has 3 aromatic rings. The second-order valence-corrected chi connectivity index (χ2v) is 8.39. The van der Waals surface area contributed by atoms with Gasteiger partial charge in [-0.15, -0.1) is 0 Å². The standard InChI is InChI=1S/C25H27F3N2O2/c1-14-5-6-19(17(4)30-7-9-32-10-8-30)16(3)23(14)24(31)22-13-20-15(2)11-18(25(26,27)28)12-21(20)29-22/h5-6,11-13,24,29,31H,4,7-10H2,1-3H3. The first kappa shape index (κ1) is 22.4. The van der Waals surface area contributed by atoms with E-state index in [9.17, 15) is 18.3 Å². The van der Waals surface area contributed by atoms with Gasteiger partial charge in [0, 0.05) is 40.9 Å². The number of aromatic amines is 1. The number of aliphatic hydroxyl groups is 1. The molecule has 32 heavy (non-hydrogen) atoms. The molecule has 1 fully saturated rings. The maximum atomic E-state index is 13.2. The maximum absolute atomic E-state index is 13.2. The second-order valence-electron chi connectivity index (χ2n) is 8.39. The van der Waals surface area contributed by atoms with E-state index >= 15 is 0 Å². The quantitative estimate of drug-likeness (QED) is 0.559. The van der Waals surface area contributed by atoms with E-state index in [0.717, 1.165) is 53.2 Å². The van der Waals surface area contributed by atoms with E-state index in [2.05, 4.69) is 16.5 Å². The van der Waals surface area contributed by atoms with Crippen molar-refractivity contribution in [3.63, 3.8) is 0 Å². The number of aliphatic hydroxyl groups excluding tert-OH is 1. The Morgan fingerprint density at radius 1 is 1.09 bits per heavy atom. The van der Waals surface area contributed by atoms with Crippen molar-refractivity contribution in [2.24, 2.45) is 0 Å². The Labute approximate surface area is 185 Å². The summed E-state index contributed by atoms with van der Waals surface area (Å²) in [6.07, 6.45) is -5.43. The van der Waals surface area contributed by atoms with E-state index in [1.807, 2.05) is 26.0 Å². The number of ether oxygens (including phenoxy) is 1. The fourth-order valence-corrected chi connectivity index (χ4v) is 4.51. The molecule has 0 spiro atoms. The van der Waals surface area contributed by atoms with E-state index in [-0.39, 0.29) is 0 Å². The third kappa shape index (κ3) is 4.02. The normalized spacial score (nSPS) is 15.9. The number of nitrogens with one attached hydrogen (secondary N) is 1. The predicted octanol–water partition coefficient (Wildman–Crippen LogP) is 5.50. The molecule has 0 saturated carbocycles. The van der Waals surface area contributed by atoms with E-state index < -0.39 is 17.8 Å². The lowest BCUT2D eigenvalue weighted by molar-refractivity contribution is -0.137. The van der Waals surface area contributed by atoms with Gasteiger partial charge < -0.3 is 19.7 Å². The zero-order valence-corrected chi connectivity index (χ0v) is 18.4. The molecule has 0 radical (unpaired) electrons. The summed E-state index contributed by atoms with van der Waals surface area (Å²) in [7, 11) is 0. The number of halogens is 3. The Balaban J connectivity index is 1.74. The van der Waals surface area contributed by atoms with Crippen LogP contribution < -0.4 is 0 Å². The summed E-state index contributed by atoms with van der Waals surface area (Å²) in [5.74, 6) is 0. The molecule has 0 bridgehead atoms. The lowest BCUT2D eigenvalue weighted by Gasteiger charge is -2.32. The summed E-state index contributed by atoms with van der Waals surface area (Å²) < 4.78 is 45.1. The van der Waals surface area contributed by atoms with Gasteiger partial charge in [-0.2, -0.15) is 13.2 Å². The van der Waals surface area contributed by atoms with Gasteiger partial charge in [-0.05, 0) is 61.2 Å². The molecule has 4 nitrogen and oxygen atoms in total. The van der Waals surface area contributed by atoms with Gasteiger partial charge in [0.05, 0.1) is 18.8 Å². The maximum Gasteiger partial charge on any atom is 0.416 e. The largest absolute Gasteiger partial charge is 0.416 e. The molecule has 170 valence electrons. The van der Waals surface area contributed by atoms with Crippen LogP contribution in [0.25, 0.3) is 16.6 Å². The first-order valence-electron chi connectivity index (χ1n) is 10.6. The number of fused-ring (bicyclic) bond motifs is 1. The van der Waals surface area contributed by atoms with Crippen LogP contribution in [0.5, 0.6) is 0 Å². The van der Waals surface area contributed by atoms with Crippen LogP contribution in [0.2, 0.25) is 0 Å². The average Bonchev–Trinajstić information content (AvgIpc) is 3.18. The number of H-pyrrole nitrogens is 1. The molecule has 0 aliphatic carbocycles. The summed E-state index contributed by atoms with van der Waals surface area (Å²) in [6, 6.07) is 7.91. The first-order chi connectivity index (χ1) is 15.1. The van der Waals surface area contributed by atoms with Crippen molar-refractivity contribution in [1.82, 2.24) is 9.88 Å². The lowest BCUT2D eigenvalue weighted by Crippen LogP contribution is -2.34. The summed E-state index contributed by atoms with van der Waals surface area (Å²) in [5.41, 5.74) is 4.98. The number of nitrogens with zero attached hydrogens (tertiary/aromatic N) is 1. The van der Waals surface area contributed by atoms with Crippen molar-refractivity contribution in [1.29, 1.82) is 0 Å². The molecule has 1 aromatic heterocycles. The minimum atomic E-state index is -4.43. The minimum Gasteiger partial charge on any atom is -0.382 e. The molecule has 1 saturated heterocycles. The highest BCUT2D eigenvalue weighted by Crippen LogP contribution is 2.37. The van der Waals surface area contributed by atoms with E-state index in [0.29, 0.717) is 35.4 Å². The van der Waals surface area contributed by atoms with E-state index in [1.54, 1.807) is 13.0 Å². The summed E-state index contributed by atoms with van der Waals surface area (Å²) in [5, 5.41) is 11.9. The zero-order chi connectivity index (χ0) is 23.2. The molecule has 1 atom stereocenters. The fourth-order valence-electron chi connectivity index (χ4n) is 4.51. The molecule has 1 aliphatic heterocycles. The van der Waals surface area contributed by atoms with Gasteiger partial charge in [0.25, 0.3) is 0 Å². The molecule has 7 heteroatoms. The third-order valence-electron chi connectivity index (χ3n) is 6.30. The van der Waals surface area contributed by atoms with Gasteiger partial charge in [-0.3, -0.25) is 0 Å². The first-order valence-corrected chi connectivity index (χ1v) is 10.6. The number of hydrogen-bond acceptors (Lipinski definition) is 3. The summed E-state index contributed by atoms with van der Waals surface area (Å²) in [4.78, 5) is 5.18. The van der Waals surface area contributed by atoms with Crippen LogP contribution in [0, 0.1) is 20.8 Å². The SMILES string of the molecule is C=C(c1ccc(C)c(C(O)c2cc3c(C)cc(C(F)(F)F)cc3[nH]2)c1C)N1CCOCC1. The van der Waals surface area contributed by atoms with Gasteiger partial charge in [0.15, 0.2) is 0 Å². The van der Waals surface area contributed by atoms with Crippen molar-refractivity contribution in [2.45, 2.75) is 33.1 Å². The highest BCUT2D eigenvalue weighted by molar-refractivity contribution is 5.85. The Morgan fingerprint density at radius 2 is 1.78 bits per heavy atom. The van der Waals surface area contributed by atoms with Crippen LogP contribution in [0.15, 0.2) is 36.9 Å². The highest BCUT2D eigenvalue weighted by Gasteiger charge is 2.31. The number of benzene rings is 2. The molecular formula is C25H27F3N2O2. The van der Waals surface area contributed by atoms with Crippen LogP contribution in [0.3, 0.4) is 0 Å². The Bertz CT molecular complexity index is 1170. The van der Waals surface area contributed by atoms with Gasteiger partial charge in [-0.1, -0.05) is 18.7 Å². The predicted molar refractivity (Wildman–Crippen MR) is 119 cm³/mol. The van der Waals surface area contributed by atoms with E-state index in [4.69, 9.17) is 4.74 Å². The van der Waals surface area contributed by atoms with Gasteiger partial charge in [0.1, 0.15) is 6.10 Å². The molecular weight excluding hydrogens is 417 g/mol. The molecule has 1 aliphatic rings. The monoisotopic (exact) mass is 444 g/mol. The smallest absolute Gasteiger partial charge is 0.382 e. The molecule has 2 heterocycles. The molecule has 1 unspecified atom stereocenters. The number of morpholine rings is 1. The lowest BCUT2D eigenvalue weighted by atomic mass is 9.91. The molecule has 2 N–H and O–H groups in total. The van der Waals surface area contributed by atoms with Gasteiger partial charge >= 0.3 is 6.18 Å². The molecule has 4 rings (SSSR count). The number of hydrogen-bond donors (Lipinski definition) is 2. The Hall–Kier alpha value is -2.77. The molecule has 2 aromatic carbocycles. The van der Waals surface area contributed by atoms with Gasteiger partial charge in [0.2, 0.25) is 0 Å². The number of alkyl halides is 3. The summed E-state index contributed by atoms with van der Waals surface area (Å²) >= 11 is 0. The van der Waals surface area contributed by atoms with E-state index in [1.165, 1.54) is 0 Å². The fraction of sp³-hybridized carbons (Fsp3) is 0.360. The van der Waals surface area contributed by atoms with Crippen molar-refractivity contribution < 1.29 is 23.0 Å². The minimum absolute atomic E-state index is 0.357. The van der Waals surface area contributed by atoms with Crippen molar-refractivity contribution in [3.05, 3.63) is 76.0 Å². The highest BCUT2D eigenvalue weighted by atomic mass is 19.4. The zero-order valence-electron chi connectivity index (χ0n) is 18.4. The van der Waals surface area contributed by atoms with Crippen molar-refractivity contribution in [2.75, 3.05) is 26.3 Å². The second kappa shape index (κ2) is 8.30. The van der Waals surface area contributed by atoms with Crippen LogP contribution in [0.1, 0.15) is 45.2 Å². The number of rotatable bonds is 4. The average molecular weight is 444 g/mol. The van der Waals surface area contributed by atoms with Gasteiger partial charge in [-0.25, -0.2) is 0 Å². The van der Waals surface area contributed by atoms with Crippen LogP contribution >= 0.6 is 0 Å². The Morgan fingerprint density at radius 3 is 2.44 bits per heavy atom. The number of aryl methyl sites for hydroxylation is 2. The van der Waals surface area contributed by atoms with Crippen LogP contribution in [-0.2, 0) is 10.9 Å². The van der Waals surface area contributed by atoms with Crippen LogP contribution in [-0.4, -0.2) is 41.3 Å². The third-order valence-corrected chi connectivity index (χ3v) is 6.30. The Kier molecular flexibility index (Phi) is 5.81. The topological polar surface area (TPSA) is 48.5 Å². The number of aromatic nitrogens is 1. The molecule has 0 amide bonds.